The van der Waals surface area contributed by atoms with Crippen LogP contribution in [-0.2, 0) is 0 Å². The van der Waals surface area contributed by atoms with E-state index < -0.39 is 6.69 Å². The number of halogens is 2. The van der Waals surface area contributed by atoms with Gasteiger partial charge in [-0.2, -0.15) is 0 Å². The predicted molar refractivity (Wildman–Crippen MR) is 158 cm³/mol. The zero-order valence-electron chi connectivity index (χ0n) is 23.1. The van der Waals surface area contributed by atoms with Crippen LogP contribution in [0.15, 0.2) is 0 Å². The minimum Gasteiger partial charge on any atom is -0.146 e. The Morgan fingerprint density at radius 2 is 0.485 bits per heavy atom. The lowest BCUT2D eigenvalue weighted by Gasteiger charge is -2.16. The zero-order valence-corrected chi connectivity index (χ0v) is 25.6. The minimum absolute atomic E-state index is 1.12. The van der Waals surface area contributed by atoms with Crippen LogP contribution in [0, 0.1) is 0 Å². The van der Waals surface area contributed by atoms with E-state index in [1.165, 1.54) is 167 Å². The highest BCUT2D eigenvalue weighted by Gasteiger charge is 2.26. The number of unbranched alkanes of at least 4 members (excludes halogenated alkanes) is 24. The van der Waals surface area contributed by atoms with Crippen molar-refractivity contribution in [1.29, 1.82) is 0 Å². The highest BCUT2D eigenvalue weighted by Crippen LogP contribution is 2.30. The summed E-state index contributed by atoms with van der Waals surface area (Å²) in [7, 11) is 0. The van der Waals surface area contributed by atoms with Gasteiger partial charge in [-0.15, -0.1) is 22.2 Å². The van der Waals surface area contributed by atoms with Crippen molar-refractivity contribution in [2.45, 2.75) is 193 Å². The van der Waals surface area contributed by atoms with Crippen LogP contribution < -0.4 is 0 Å². The Bertz CT molecular complexity index is 327. The van der Waals surface area contributed by atoms with E-state index in [9.17, 15) is 0 Å². The van der Waals surface area contributed by atoms with Gasteiger partial charge in [0.15, 0.2) is 0 Å². The lowest BCUT2D eigenvalue weighted by atomic mass is 10.0. The standard InChI is InChI=1S/C30H62Cl2Si/c1-3-5-7-9-11-13-15-17-19-21-23-25-27-29-33(31,32)30-28-26-24-22-20-18-16-14-12-10-8-6-4-2/h3-30H2,1-2H3. The Labute approximate surface area is 221 Å². The smallest absolute Gasteiger partial charge is 0.146 e. The fourth-order valence-electron chi connectivity index (χ4n) is 4.93. The molecule has 0 aliphatic carbocycles. The molecule has 0 aromatic rings. The van der Waals surface area contributed by atoms with Gasteiger partial charge in [0.2, 0.25) is 0 Å². The highest BCUT2D eigenvalue weighted by atomic mass is 35.7. The van der Waals surface area contributed by atoms with E-state index in [-0.39, 0.29) is 0 Å². The maximum absolute atomic E-state index is 6.73. The summed E-state index contributed by atoms with van der Waals surface area (Å²) < 4.78 is 0. The van der Waals surface area contributed by atoms with Crippen molar-refractivity contribution in [2.75, 3.05) is 0 Å². The highest BCUT2D eigenvalue weighted by molar-refractivity contribution is 7.45. The largest absolute Gasteiger partial charge is 0.251 e. The maximum Gasteiger partial charge on any atom is 0.251 e. The molecule has 0 rings (SSSR count). The average Bonchev–Trinajstić information content (AvgIpc) is 2.80. The number of hydrogen-bond donors (Lipinski definition) is 0. The van der Waals surface area contributed by atoms with E-state index in [2.05, 4.69) is 13.8 Å². The van der Waals surface area contributed by atoms with Crippen molar-refractivity contribution in [1.82, 2.24) is 0 Å². The molecule has 0 aromatic carbocycles. The first kappa shape index (κ1) is 33.8. The van der Waals surface area contributed by atoms with Gasteiger partial charge >= 0.3 is 0 Å². The first-order valence-corrected chi connectivity index (χ1v) is 19.9. The molecule has 0 spiro atoms. The van der Waals surface area contributed by atoms with Crippen molar-refractivity contribution >= 4 is 28.9 Å². The molecule has 0 saturated carbocycles. The molecule has 0 atom stereocenters. The summed E-state index contributed by atoms with van der Waals surface area (Å²) in [5.74, 6) is 0. The Balaban J connectivity index is 3.28. The normalized spacial score (nSPS) is 12.0. The second kappa shape index (κ2) is 27.4. The van der Waals surface area contributed by atoms with Gasteiger partial charge in [0.25, 0.3) is 6.69 Å². The van der Waals surface area contributed by atoms with Gasteiger partial charge in [-0.1, -0.05) is 181 Å². The van der Waals surface area contributed by atoms with E-state index >= 15 is 0 Å². The van der Waals surface area contributed by atoms with Crippen LogP contribution in [0.1, 0.15) is 181 Å². The number of rotatable bonds is 28. The van der Waals surface area contributed by atoms with E-state index in [0.717, 1.165) is 12.1 Å². The molecule has 0 aliphatic rings. The van der Waals surface area contributed by atoms with Gasteiger partial charge in [0.05, 0.1) is 0 Å². The van der Waals surface area contributed by atoms with Gasteiger partial charge in [-0.25, -0.2) is 0 Å². The van der Waals surface area contributed by atoms with Crippen molar-refractivity contribution in [3.63, 3.8) is 0 Å². The summed E-state index contributed by atoms with van der Waals surface area (Å²) in [6.07, 6.45) is 36.6. The molecular formula is C30H62Cl2Si. The Kier molecular flexibility index (Phi) is 28.0. The molecule has 3 heteroatoms. The summed E-state index contributed by atoms with van der Waals surface area (Å²) >= 11 is 13.5. The summed E-state index contributed by atoms with van der Waals surface area (Å²) in [5, 5.41) is 0. The quantitative estimate of drug-likeness (QED) is 0.0545. The molecule has 0 radical (unpaired) electrons. The van der Waals surface area contributed by atoms with Gasteiger partial charge in [-0.3, -0.25) is 0 Å². The molecule has 0 bridgehead atoms. The molecule has 0 unspecified atom stereocenters. The Morgan fingerprint density at radius 3 is 0.697 bits per heavy atom. The Hall–Kier alpha value is 0.797. The molecular weight excluding hydrogens is 459 g/mol. The molecule has 0 aromatic heterocycles. The Morgan fingerprint density at radius 1 is 0.303 bits per heavy atom. The second-order valence-electron chi connectivity index (χ2n) is 10.8. The lowest BCUT2D eigenvalue weighted by Crippen LogP contribution is -2.18. The summed E-state index contributed by atoms with van der Waals surface area (Å²) in [4.78, 5) is 0. The van der Waals surface area contributed by atoms with E-state index in [4.69, 9.17) is 22.2 Å². The van der Waals surface area contributed by atoms with Gasteiger partial charge in [0, 0.05) is 0 Å². The molecule has 0 saturated heterocycles. The van der Waals surface area contributed by atoms with Gasteiger partial charge in [0.1, 0.15) is 0 Å². The fourth-order valence-corrected chi connectivity index (χ4v) is 8.32. The summed E-state index contributed by atoms with van der Waals surface area (Å²) in [5.41, 5.74) is 0. The van der Waals surface area contributed by atoms with E-state index in [0.29, 0.717) is 0 Å². The molecule has 0 aliphatic heterocycles. The summed E-state index contributed by atoms with van der Waals surface area (Å²) in [6.45, 7) is 2.63. The topological polar surface area (TPSA) is 0 Å². The third kappa shape index (κ3) is 28.9. The van der Waals surface area contributed by atoms with E-state index in [1.807, 2.05) is 0 Å². The molecule has 0 amide bonds. The third-order valence-electron chi connectivity index (χ3n) is 7.29. The van der Waals surface area contributed by atoms with Crippen LogP contribution in [0.3, 0.4) is 0 Å². The second-order valence-corrected chi connectivity index (χ2v) is 18.5. The van der Waals surface area contributed by atoms with Crippen LogP contribution in [0.5, 0.6) is 0 Å². The van der Waals surface area contributed by atoms with Crippen LogP contribution in [0.4, 0.5) is 0 Å². The van der Waals surface area contributed by atoms with Crippen LogP contribution in [-0.4, -0.2) is 6.69 Å². The predicted octanol–water partition coefficient (Wildman–Crippen LogP) is 13.1. The minimum atomic E-state index is -1.96. The van der Waals surface area contributed by atoms with Gasteiger partial charge < -0.3 is 0 Å². The lowest BCUT2D eigenvalue weighted by molar-refractivity contribution is 0.541. The first-order chi connectivity index (χ1) is 16.1. The third-order valence-corrected chi connectivity index (χ3v) is 11.7. The molecule has 200 valence electrons. The number of hydrogen-bond acceptors (Lipinski definition) is 0. The SMILES string of the molecule is CCCCCCCCCCCCCCC[Si](Cl)(Cl)CCCCCCCCCCCCCCC. The zero-order chi connectivity index (χ0) is 24.3. The van der Waals surface area contributed by atoms with Crippen LogP contribution in [0.2, 0.25) is 12.1 Å². The molecule has 0 heterocycles. The molecule has 33 heavy (non-hydrogen) atoms. The molecule has 0 N–H and O–H groups in total. The van der Waals surface area contributed by atoms with Crippen molar-refractivity contribution < 1.29 is 0 Å². The van der Waals surface area contributed by atoms with Crippen molar-refractivity contribution in [3.05, 3.63) is 0 Å². The monoisotopic (exact) mass is 520 g/mol. The maximum atomic E-state index is 6.73. The molecule has 0 fully saturated rings. The molecule has 0 nitrogen and oxygen atoms in total. The first-order valence-electron chi connectivity index (χ1n) is 15.5. The average molecular weight is 522 g/mol. The van der Waals surface area contributed by atoms with E-state index in [1.54, 1.807) is 0 Å². The van der Waals surface area contributed by atoms with Crippen LogP contribution in [0.25, 0.3) is 0 Å². The van der Waals surface area contributed by atoms with Crippen LogP contribution >= 0.6 is 22.2 Å². The van der Waals surface area contributed by atoms with Crippen molar-refractivity contribution in [2.24, 2.45) is 0 Å². The fraction of sp³-hybridized carbons (Fsp3) is 1.00. The van der Waals surface area contributed by atoms with Crippen molar-refractivity contribution in [3.8, 4) is 0 Å². The van der Waals surface area contributed by atoms with Gasteiger partial charge in [-0.05, 0) is 12.1 Å². The summed E-state index contributed by atoms with van der Waals surface area (Å²) in [6, 6.07) is 2.23.